The molecule has 1 aliphatic rings. The van der Waals surface area contributed by atoms with E-state index in [9.17, 15) is 4.79 Å². The van der Waals surface area contributed by atoms with Crippen molar-refractivity contribution in [2.45, 2.75) is 19.4 Å². The van der Waals surface area contributed by atoms with E-state index in [1.165, 1.54) is 10.8 Å². The van der Waals surface area contributed by atoms with Gasteiger partial charge in [0.15, 0.2) is 11.9 Å². The summed E-state index contributed by atoms with van der Waals surface area (Å²) in [7, 11) is 0. The number of cyclic esters (lactones) is 1. The normalized spacial score (nSPS) is 18.8. The highest BCUT2D eigenvalue weighted by Crippen LogP contribution is 2.22. The van der Waals surface area contributed by atoms with Crippen molar-refractivity contribution in [1.82, 2.24) is 0 Å². The van der Waals surface area contributed by atoms with Crippen LogP contribution in [0.1, 0.15) is 12.5 Å². The molecule has 0 aromatic heterocycles. The third-order valence-electron chi connectivity index (χ3n) is 3.15. The molecule has 3 nitrogen and oxygen atoms in total. The highest BCUT2D eigenvalue weighted by atomic mass is 16.6. The van der Waals surface area contributed by atoms with Gasteiger partial charge in [-0.2, -0.15) is 0 Å². The highest BCUT2D eigenvalue weighted by Gasteiger charge is 2.27. The Morgan fingerprint density at radius 3 is 2.72 bits per heavy atom. The third-order valence-corrected chi connectivity index (χ3v) is 3.15. The van der Waals surface area contributed by atoms with Crippen LogP contribution >= 0.6 is 0 Å². The SMILES string of the molecule is CC1=NC(Cc2cccc3ccccc23)C(=O)O1. The van der Waals surface area contributed by atoms with E-state index < -0.39 is 6.04 Å². The lowest BCUT2D eigenvalue weighted by Crippen LogP contribution is -2.17. The number of nitrogens with zero attached hydrogens (tertiary/aromatic N) is 1. The fourth-order valence-electron chi connectivity index (χ4n) is 2.32. The summed E-state index contributed by atoms with van der Waals surface area (Å²) in [5.41, 5.74) is 1.13. The highest BCUT2D eigenvalue weighted by molar-refractivity contribution is 5.96. The van der Waals surface area contributed by atoms with Crippen LogP contribution in [0.3, 0.4) is 0 Å². The molecule has 1 unspecified atom stereocenters. The third kappa shape index (κ3) is 1.88. The number of hydrogen-bond acceptors (Lipinski definition) is 3. The standard InChI is InChI=1S/C15H13NO2/c1-10-16-14(15(17)18-10)9-12-7-4-6-11-5-2-3-8-13(11)12/h2-8,14H,9H2,1H3. The molecule has 0 bridgehead atoms. The average molecular weight is 239 g/mol. The molecular formula is C15H13NO2. The molecule has 2 aromatic carbocycles. The number of rotatable bonds is 2. The van der Waals surface area contributed by atoms with Gasteiger partial charge < -0.3 is 4.74 Å². The van der Waals surface area contributed by atoms with Crippen molar-refractivity contribution in [2.75, 3.05) is 0 Å². The van der Waals surface area contributed by atoms with Gasteiger partial charge in [-0.1, -0.05) is 42.5 Å². The predicted molar refractivity (Wildman–Crippen MR) is 70.6 cm³/mol. The molecule has 0 N–H and O–H groups in total. The Morgan fingerprint density at radius 1 is 1.17 bits per heavy atom. The topological polar surface area (TPSA) is 38.7 Å². The zero-order valence-electron chi connectivity index (χ0n) is 10.1. The van der Waals surface area contributed by atoms with Gasteiger partial charge in [0.25, 0.3) is 0 Å². The van der Waals surface area contributed by atoms with Crippen LogP contribution < -0.4 is 0 Å². The van der Waals surface area contributed by atoms with E-state index in [4.69, 9.17) is 4.74 Å². The maximum atomic E-state index is 11.6. The monoisotopic (exact) mass is 239 g/mol. The van der Waals surface area contributed by atoms with Crippen LogP contribution in [0.5, 0.6) is 0 Å². The Morgan fingerprint density at radius 2 is 1.94 bits per heavy atom. The van der Waals surface area contributed by atoms with Gasteiger partial charge in [0.1, 0.15) is 0 Å². The first-order chi connectivity index (χ1) is 8.74. The number of aliphatic imine (C=N–C) groups is 1. The van der Waals surface area contributed by atoms with E-state index in [1.54, 1.807) is 6.92 Å². The second-order valence-electron chi connectivity index (χ2n) is 4.43. The Balaban J connectivity index is 1.98. The number of carbonyl (C=O) groups excluding carboxylic acids is 1. The zero-order valence-corrected chi connectivity index (χ0v) is 10.1. The van der Waals surface area contributed by atoms with Crippen molar-refractivity contribution in [1.29, 1.82) is 0 Å². The van der Waals surface area contributed by atoms with Crippen molar-refractivity contribution in [3.05, 3.63) is 48.0 Å². The summed E-state index contributed by atoms with van der Waals surface area (Å²) < 4.78 is 4.97. The fraction of sp³-hybridized carbons (Fsp3) is 0.200. The summed E-state index contributed by atoms with van der Waals surface area (Å²) in [5, 5.41) is 2.36. The molecule has 0 aliphatic carbocycles. The molecule has 3 rings (SSSR count). The summed E-state index contributed by atoms with van der Waals surface area (Å²) in [6.45, 7) is 1.71. The van der Waals surface area contributed by atoms with Crippen LogP contribution in [0.4, 0.5) is 0 Å². The summed E-state index contributed by atoms with van der Waals surface area (Å²) in [4.78, 5) is 15.8. The molecule has 18 heavy (non-hydrogen) atoms. The van der Waals surface area contributed by atoms with E-state index in [2.05, 4.69) is 23.2 Å². The molecule has 0 spiro atoms. The number of fused-ring (bicyclic) bond motifs is 1. The van der Waals surface area contributed by atoms with Gasteiger partial charge in [-0.15, -0.1) is 0 Å². The molecule has 0 saturated carbocycles. The van der Waals surface area contributed by atoms with Gasteiger partial charge in [-0.3, -0.25) is 0 Å². The minimum atomic E-state index is -0.393. The van der Waals surface area contributed by atoms with Crippen molar-refractivity contribution in [2.24, 2.45) is 4.99 Å². The summed E-state index contributed by atoms with van der Waals surface area (Å²) in [6.07, 6.45) is 0.595. The van der Waals surface area contributed by atoms with E-state index in [0.29, 0.717) is 12.3 Å². The number of benzene rings is 2. The largest absolute Gasteiger partial charge is 0.411 e. The van der Waals surface area contributed by atoms with E-state index in [1.807, 2.05) is 24.3 Å². The molecule has 3 heteroatoms. The zero-order chi connectivity index (χ0) is 12.5. The Kier molecular flexibility index (Phi) is 2.59. The number of esters is 1. The molecule has 0 radical (unpaired) electrons. The van der Waals surface area contributed by atoms with Gasteiger partial charge >= 0.3 is 5.97 Å². The number of ether oxygens (including phenoxy) is 1. The van der Waals surface area contributed by atoms with Crippen molar-refractivity contribution in [3.8, 4) is 0 Å². The van der Waals surface area contributed by atoms with Crippen LogP contribution in [0.15, 0.2) is 47.5 Å². The van der Waals surface area contributed by atoms with Crippen molar-refractivity contribution < 1.29 is 9.53 Å². The van der Waals surface area contributed by atoms with Gasteiger partial charge in [0.2, 0.25) is 0 Å². The minimum Gasteiger partial charge on any atom is -0.411 e. The second-order valence-corrected chi connectivity index (χ2v) is 4.43. The Hall–Kier alpha value is -2.16. The summed E-state index contributed by atoms with van der Waals surface area (Å²) >= 11 is 0. The second kappa shape index (κ2) is 4.26. The van der Waals surface area contributed by atoms with Crippen molar-refractivity contribution >= 4 is 22.6 Å². The molecule has 1 heterocycles. The first-order valence-electron chi connectivity index (χ1n) is 5.97. The predicted octanol–water partition coefficient (Wildman–Crippen LogP) is 2.73. The molecule has 0 amide bonds. The van der Waals surface area contributed by atoms with E-state index >= 15 is 0 Å². The van der Waals surface area contributed by atoms with Crippen LogP contribution in [0.2, 0.25) is 0 Å². The maximum absolute atomic E-state index is 11.6. The molecular weight excluding hydrogens is 226 g/mol. The number of hydrogen-bond donors (Lipinski definition) is 0. The van der Waals surface area contributed by atoms with E-state index in [0.717, 1.165) is 5.56 Å². The first-order valence-corrected chi connectivity index (χ1v) is 5.97. The smallest absolute Gasteiger partial charge is 0.337 e. The Labute approximate surface area is 105 Å². The summed E-state index contributed by atoms with van der Waals surface area (Å²) in [5.74, 6) is 0.214. The van der Waals surface area contributed by atoms with Gasteiger partial charge in [-0.25, -0.2) is 9.79 Å². The molecule has 0 fully saturated rings. The van der Waals surface area contributed by atoms with Crippen LogP contribution in [0.25, 0.3) is 10.8 Å². The lowest BCUT2D eigenvalue weighted by atomic mass is 9.99. The lowest BCUT2D eigenvalue weighted by Gasteiger charge is -2.07. The van der Waals surface area contributed by atoms with Crippen LogP contribution in [0, 0.1) is 0 Å². The number of carbonyl (C=O) groups is 1. The fourth-order valence-corrected chi connectivity index (χ4v) is 2.32. The van der Waals surface area contributed by atoms with Crippen molar-refractivity contribution in [3.63, 3.8) is 0 Å². The van der Waals surface area contributed by atoms with Crippen LogP contribution in [-0.2, 0) is 16.0 Å². The quantitative estimate of drug-likeness (QED) is 0.756. The summed E-state index contributed by atoms with van der Waals surface area (Å²) in [6, 6.07) is 13.9. The van der Waals surface area contributed by atoms with Gasteiger partial charge in [-0.05, 0) is 16.3 Å². The molecule has 0 saturated heterocycles. The molecule has 90 valence electrons. The first kappa shape index (κ1) is 11.0. The maximum Gasteiger partial charge on any atom is 0.337 e. The molecule has 1 aliphatic heterocycles. The van der Waals surface area contributed by atoms with Gasteiger partial charge in [0.05, 0.1) is 0 Å². The average Bonchev–Trinajstić information content (AvgIpc) is 2.68. The molecule has 2 aromatic rings. The van der Waals surface area contributed by atoms with Gasteiger partial charge in [0, 0.05) is 13.3 Å². The minimum absolute atomic E-state index is 0.250. The van der Waals surface area contributed by atoms with E-state index in [-0.39, 0.29) is 5.97 Å². The Bertz CT molecular complexity index is 640. The lowest BCUT2D eigenvalue weighted by molar-refractivity contribution is -0.134. The van der Waals surface area contributed by atoms with Crippen LogP contribution in [-0.4, -0.2) is 17.9 Å². The molecule has 1 atom stereocenters.